The van der Waals surface area contributed by atoms with Crippen LogP contribution in [-0.4, -0.2) is 36.0 Å². The summed E-state index contributed by atoms with van der Waals surface area (Å²) in [6, 6.07) is 1.42. The minimum absolute atomic E-state index is 0.0858. The first kappa shape index (κ1) is 27.1. The average molecular weight is 474 g/mol. The first-order valence-electron chi connectivity index (χ1n) is 12.1. The Hall–Kier alpha value is -2.12. The fourth-order valence-corrected chi connectivity index (χ4v) is 4.23. The van der Waals surface area contributed by atoms with Gasteiger partial charge in [-0.25, -0.2) is 9.18 Å². The summed E-state index contributed by atoms with van der Waals surface area (Å²) in [5.74, 6) is -3.01. The molecule has 4 nitrogen and oxygen atoms in total. The topological polar surface area (TPSA) is 46.6 Å². The van der Waals surface area contributed by atoms with Crippen molar-refractivity contribution in [3.05, 3.63) is 35.1 Å². The van der Waals surface area contributed by atoms with E-state index in [0.717, 1.165) is 36.3 Å². The maximum absolute atomic E-state index is 14.2. The summed E-state index contributed by atoms with van der Waals surface area (Å²) in [5, 5.41) is 0. The van der Waals surface area contributed by atoms with Gasteiger partial charge in [0.2, 0.25) is 0 Å². The molecule has 1 unspecified atom stereocenters. The molecule has 1 heterocycles. The van der Waals surface area contributed by atoms with Crippen LogP contribution in [0.2, 0.25) is 0 Å². The number of unbranched alkanes of at least 4 members (excludes halogenated alkanes) is 9. The predicted molar refractivity (Wildman–Crippen MR) is 118 cm³/mol. The van der Waals surface area contributed by atoms with Crippen LogP contribution in [0.1, 0.15) is 99.9 Å². The number of ether oxygens (including phenoxy) is 1. The predicted octanol–water partition coefficient (Wildman–Crippen LogP) is 6.91. The first-order chi connectivity index (χ1) is 15.8. The SMILES string of the molecule is CCCCCCCCCCCCOC(=O)C1CCCN1C(=O)c1c(F)cccc1C(F)(F)F. The molecule has 2 rings (SSSR count). The summed E-state index contributed by atoms with van der Waals surface area (Å²) in [4.78, 5) is 26.3. The van der Waals surface area contributed by atoms with Gasteiger partial charge < -0.3 is 9.64 Å². The molecule has 0 N–H and O–H groups in total. The quantitative estimate of drug-likeness (QED) is 0.178. The van der Waals surface area contributed by atoms with E-state index in [0.29, 0.717) is 25.3 Å². The van der Waals surface area contributed by atoms with Crippen LogP contribution in [0.15, 0.2) is 18.2 Å². The lowest BCUT2D eigenvalue weighted by Crippen LogP contribution is -2.42. The summed E-state index contributed by atoms with van der Waals surface area (Å²) < 4.78 is 59.4. The average Bonchev–Trinajstić information content (AvgIpc) is 3.26. The smallest absolute Gasteiger partial charge is 0.417 e. The minimum Gasteiger partial charge on any atom is -0.464 e. The number of alkyl halides is 3. The molecule has 0 bridgehead atoms. The molecule has 1 saturated heterocycles. The number of esters is 1. The van der Waals surface area contributed by atoms with Gasteiger partial charge in [0.25, 0.3) is 5.91 Å². The molecule has 1 aliphatic heterocycles. The molecule has 0 aromatic heterocycles. The fraction of sp³-hybridized carbons (Fsp3) is 0.680. The Morgan fingerprint density at radius 1 is 1.00 bits per heavy atom. The summed E-state index contributed by atoms with van der Waals surface area (Å²) >= 11 is 0. The highest BCUT2D eigenvalue weighted by atomic mass is 19.4. The second-order valence-corrected chi connectivity index (χ2v) is 8.67. The Morgan fingerprint density at radius 3 is 2.21 bits per heavy atom. The Morgan fingerprint density at radius 2 is 1.61 bits per heavy atom. The number of carbonyl (C=O) groups excluding carboxylic acids is 2. The Kier molecular flexibility index (Phi) is 11.1. The second-order valence-electron chi connectivity index (χ2n) is 8.67. The zero-order valence-corrected chi connectivity index (χ0v) is 19.4. The van der Waals surface area contributed by atoms with Gasteiger partial charge in [-0.15, -0.1) is 0 Å². The van der Waals surface area contributed by atoms with E-state index < -0.39 is 41.0 Å². The van der Waals surface area contributed by atoms with E-state index in [4.69, 9.17) is 4.74 Å². The summed E-state index contributed by atoms with van der Waals surface area (Å²) in [7, 11) is 0. The van der Waals surface area contributed by atoms with E-state index in [9.17, 15) is 27.2 Å². The molecule has 33 heavy (non-hydrogen) atoms. The van der Waals surface area contributed by atoms with Crippen LogP contribution in [-0.2, 0) is 15.7 Å². The summed E-state index contributed by atoms with van der Waals surface area (Å²) in [6.07, 6.45) is 7.26. The number of halogens is 4. The van der Waals surface area contributed by atoms with Crippen LogP contribution in [0.4, 0.5) is 17.6 Å². The van der Waals surface area contributed by atoms with Crippen molar-refractivity contribution < 1.29 is 31.9 Å². The standard InChI is InChI=1S/C25H35F4NO3/c1-2-3-4-5-6-7-8-9-10-11-18-33-24(32)21-16-13-17-30(21)23(31)22-19(25(27,28)29)14-12-15-20(22)26/h12,14-15,21H,2-11,13,16-18H2,1H3. The number of nitrogens with zero attached hydrogens (tertiary/aromatic N) is 1. The second kappa shape index (κ2) is 13.6. The highest BCUT2D eigenvalue weighted by Crippen LogP contribution is 2.34. The highest BCUT2D eigenvalue weighted by molar-refractivity contribution is 5.98. The summed E-state index contributed by atoms with van der Waals surface area (Å²) in [6.45, 7) is 2.49. The van der Waals surface area contributed by atoms with Gasteiger partial charge in [-0.1, -0.05) is 70.8 Å². The number of rotatable bonds is 13. The van der Waals surface area contributed by atoms with Gasteiger partial charge >= 0.3 is 12.1 Å². The molecule has 186 valence electrons. The molecule has 1 aromatic carbocycles. The maximum Gasteiger partial charge on any atom is 0.417 e. The van der Waals surface area contributed by atoms with Crippen LogP contribution in [0.25, 0.3) is 0 Å². The van der Waals surface area contributed by atoms with Gasteiger partial charge in [0.15, 0.2) is 0 Å². The van der Waals surface area contributed by atoms with Gasteiger partial charge in [0.1, 0.15) is 11.9 Å². The Bertz CT molecular complexity index is 767. The molecule has 1 fully saturated rings. The van der Waals surface area contributed by atoms with Crippen molar-refractivity contribution in [3.63, 3.8) is 0 Å². The van der Waals surface area contributed by atoms with E-state index >= 15 is 0 Å². The number of benzene rings is 1. The molecule has 0 radical (unpaired) electrons. The molecular weight excluding hydrogens is 438 g/mol. The lowest BCUT2D eigenvalue weighted by molar-refractivity contribution is -0.148. The van der Waals surface area contributed by atoms with Gasteiger partial charge in [-0.2, -0.15) is 13.2 Å². The van der Waals surface area contributed by atoms with Gasteiger partial charge in [0, 0.05) is 6.54 Å². The fourth-order valence-electron chi connectivity index (χ4n) is 4.23. The van der Waals surface area contributed by atoms with E-state index in [1.165, 1.54) is 38.5 Å². The Balaban J connectivity index is 1.79. The number of hydrogen-bond acceptors (Lipinski definition) is 3. The summed E-state index contributed by atoms with van der Waals surface area (Å²) in [5.41, 5.74) is -2.38. The van der Waals surface area contributed by atoms with Crippen molar-refractivity contribution in [2.75, 3.05) is 13.2 Å². The molecule has 8 heteroatoms. The normalized spacial score (nSPS) is 16.3. The third kappa shape index (κ3) is 8.31. The van der Waals surface area contributed by atoms with Gasteiger partial charge in [-0.05, 0) is 31.4 Å². The van der Waals surface area contributed by atoms with Crippen LogP contribution < -0.4 is 0 Å². The third-order valence-electron chi connectivity index (χ3n) is 6.06. The molecule has 0 aliphatic carbocycles. The molecule has 0 spiro atoms. The van der Waals surface area contributed by atoms with Gasteiger partial charge in [-0.3, -0.25) is 4.79 Å². The number of carbonyl (C=O) groups is 2. The minimum atomic E-state index is -4.88. The number of amides is 1. The van der Waals surface area contributed by atoms with Crippen LogP contribution in [0, 0.1) is 5.82 Å². The highest BCUT2D eigenvalue weighted by Gasteiger charge is 2.42. The lowest BCUT2D eigenvalue weighted by Gasteiger charge is -2.25. The molecule has 1 aromatic rings. The van der Waals surface area contributed by atoms with Gasteiger partial charge in [0.05, 0.1) is 17.7 Å². The molecule has 0 saturated carbocycles. The van der Waals surface area contributed by atoms with Crippen molar-refractivity contribution in [2.45, 2.75) is 96.2 Å². The molecular formula is C25H35F4NO3. The van der Waals surface area contributed by atoms with Crippen LogP contribution in [0.3, 0.4) is 0 Å². The molecule has 1 atom stereocenters. The Labute approximate surface area is 193 Å². The number of likely N-dealkylation sites (tertiary alicyclic amines) is 1. The zero-order valence-electron chi connectivity index (χ0n) is 19.4. The molecule has 1 amide bonds. The number of hydrogen-bond donors (Lipinski definition) is 0. The molecule has 1 aliphatic rings. The van der Waals surface area contributed by atoms with Crippen molar-refractivity contribution in [2.24, 2.45) is 0 Å². The van der Waals surface area contributed by atoms with E-state index in [2.05, 4.69) is 6.92 Å². The monoisotopic (exact) mass is 473 g/mol. The largest absolute Gasteiger partial charge is 0.464 e. The van der Waals surface area contributed by atoms with Crippen molar-refractivity contribution >= 4 is 11.9 Å². The van der Waals surface area contributed by atoms with Crippen LogP contribution >= 0.6 is 0 Å². The third-order valence-corrected chi connectivity index (χ3v) is 6.06. The van der Waals surface area contributed by atoms with Crippen molar-refractivity contribution in [1.82, 2.24) is 4.90 Å². The van der Waals surface area contributed by atoms with E-state index in [1.807, 2.05) is 0 Å². The lowest BCUT2D eigenvalue weighted by atomic mass is 10.0. The van der Waals surface area contributed by atoms with Crippen LogP contribution in [0.5, 0.6) is 0 Å². The van der Waals surface area contributed by atoms with Crippen molar-refractivity contribution in [3.8, 4) is 0 Å². The maximum atomic E-state index is 14.2. The first-order valence-corrected chi connectivity index (χ1v) is 12.1. The van der Waals surface area contributed by atoms with E-state index in [-0.39, 0.29) is 13.2 Å². The van der Waals surface area contributed by atoms with Crippen molar-refractivity contribution in [1.29, 1.82) is 0 Å². The van der Waals surface area contributed by atoms with E-state index in [1.54, 1.807) is 0 Å². The zero-order chi connectivity index (χ0) is 24.3.